The summed E-state index contributed by atoms with van der Waals surface area (Å²) in [7, 11) is 0. The Hall–Kier alpha value is -3.66. The van der Waals surface area contributed by atoms with Crippen molar-refractivity contribution < 1.29 is 29.3 Å². The van der Waals surface area contributed by atoms with Crippen molar-refractivity contribution in [2.24, 2.45) is 0 Å². The maximum Gasteiger partial charge on any atom is 0.327 e. The van der Waals surface area contributed by atoms with E-state index in [0.717, 1.165) is 16.7 Å². The van der Waals surface area contributed by atoms with Crippen LogP contribution >= 0.6 is 35.6 Å². The van der Waals surface area contributed by atoms with E-state index in [2.05, 4.69) is 0 Å². The van der Waals surface area contributed by atoms with Gasteiger partial charge in [0.15, 0.2) is 6.61 Å². The monoisotopic (exact) mass is 553 g/mol. The van der Waals surface area contributed by atoms with Crippen LogP contribution in [0.15, 0.2) is 77.7 Å². The van der Waals surface area contributed by atoms with Crippen LogP contribution in [0.25, 0.3) is 6.08 Å². The number of halogens is 1. The Balaban J connectivity index is 1.43. The number of thiocarbonyl (C=S) groups is 1. The van der Waals surface area contributed by atoms with Gasteiger partial charge in [-0.15, -0.1) is 0 Å². The molecule has 1 amide bonds. The van der Waals surface area contributed by atoms with Crippen molar-refractivity contribution in [1.29, 1.82) is 0 Å². The van der Waals surface area contributed by atoms with Gasteiger partial charge < -0.3 is 14.9 Å². The first kappa shape index (κ1) is 26.4. The molecule has 188 valence electrons. The SMILES string of the molecule is O=C(COc1ccc(/C=C2\SC(=S)N([C@@H](Cc3ccc(O)cc3)C(=O)O)C2=O)cc1)c1ccccc1Cl. The second-order valence-corrected chi connectivity index (χ2v) is 10.1. The van der Waals surface area contributed by atoms with Gasteiger partial charge in [-0.3, -0.25) is 14.5 Å². The van der Waals surface area contributed by atoms with E-state index in [-0.39, 0.29) is 28.9 Å². The van der Waals surface area contributed by atoms with Gasteiger partial charge in [0.1, 0.15) is 21.9 Å². The van der Waals surface area contributed by atoms with E-state index in [1.165, 1.54) is 12.1 Å². The Kier molecular flexibility index (Phi) is 8.27. The zero-order valence-electron chi connectivity index (χ0n) is 19.2. The summed E-state index contributed by atoms with van der Waals surface area (Å²) in [5, 5.41) is 19.6. The molecule has 3 aromatic rings. The normalized spacial score (nSPS) is 15.2. The number of hydrogen-bond donors (Lipinski definition) is 2. The van der Waals surface area contributed by atoms with E-state index in [9.17, 15) is 24.6 Å². The lowest BCUT2D eigenvalue weighted by Crippen LogP contribution is -2.45. The number of benzene rings is 3. The Labute approximate surface area is 227 Å². The molecule has 0 unspecified atom stereocenters. The highest BCUT2D eigenvalue weighted by molar-refractivity contribution is 8.26. The van der Waals surface area contributed by atoms with Crippen molar-refractivity contribution in [2.75, 3.05) is 6.61 Å². The highest BCUT2D eigenvalue weighted by atomic mass is 35.5. The van der Waals surface area contributed by atoms with Gasteiger partial charge in [0.2, 0.25) is 5.78 Å². The van der Waals surface area contributed by atoms with Crippen molar-refractivity contribution in [1.82, 2.24) is 4.90 Å². The van der Waals surface area contributed by atoms with Crippen LogP contribution in [0.3, 0.4) is 0 Å². The molecule has 1 saturated heterocycles. The van der Waals surface area contributed by atoms with Gasteiger partial charge in [0.05, 0.1) is 9.93 Å². The molecule has 0 bridgehead atoms. The van der Waals surface area contributed by atoms with E-state index in [0.29, 0.717) is 32.4 Å². The molecule has 7 nitrogen and oxygen atoms in total. The van der Waals surface area contributed by atoms with Crippen molar-refractivity contribution in [3.63, 3.8) is 0 Å². The number of nitrogens with zero attached hydrogens (tertiary/aromatic N) is 1. The molecule has 3 aromatic carbocycles. The maximum atomic E-state index is 13.1. The van der Waals surface area contributed by atoms with Crippen LogP contribution in [0, 0.1) is 0 Å². The smallest absolute Gasteiger partial charge is 0.327 e. The summed E-state index contributed by atoms with van der Waals surface area (Å²) in [5.74, 6) is -1.40. The third-order valence-electron chi connectivity index (χ3n) is 5.51. The largest absolute Gasteiger partial charge is 0.508 e. The van der Waals surface area contributed by atoms with Gasteiger partial charge in [0.25, 0.3) is 5.91 Å². The van der Waals surface area contributed by atoms with Gasteiger partial charge in [-0.2, -0.15) is 0 Å². The maximum absolute atomic E-state index is 13.1. The van der Waals surface area contributed by atoms with Gasteiger partial charge >= 0.3 is 5.97 Å². The Morgan fingerprint density at radius 2 is 1.73 bits per heavy atom. The number of ether oxygens (including phenoxy) is 1. The number of aromatic hydroxyl groups is 1. The van der Waals surface area contributed by atoms with Crippen LogP contribution in [0.5, 0.6) is 11.5 Å². The van der Waals surface area contributed by atoms with Crippen LogP contribution in [0.1, 0.15) is 21.5 Å². The summed E-state index contributed by atoms with van der Waals surface area (Å²) in [6.07, 6.45) is 1.66. The van der Waals surface area contributed by atoms with Gasteiger partial charge in [-0.25, -0.2) is 4.79 Å². The number of thioether (sulfide) groups is 1. The molecular weight excluding hydrogens is 534 g/mol. The molecule has 0 saturated carbocycles. The Bertz CT molecular complexity index is 1390. The van der Waals surface area contributed by atoms with Crippen LogP contribution in [0.4, 0.5) is 0 Å². The van der Waals surface area contributed by atoms with E-state index in [1.807, 2.05) is 0 Å². The van der Waals surface area contributed by atoms with Crippen molar-refractivity contribution in [3.8, 4) is 11.5 Å². The predicted octanol–water partition coefficient (Wildman–Crippen LogP) is 5.20. The number of aliphatic carboxylic acids is 1. The predicted molar refractivity (Wildman–Crippen MR) is 146 cm³/mol. The molecule has 1 heterocycles. The van der Waals surface area contributed by atoms with Crippen LogP contribution < -0.4 is 4.74 Å². The summed E-state index contributed by atoms with van der Waals surface area (Å²) in [4.78, 5) is 38.8. The van der Waals surface area contributed by atoms with Gasteiger partial charge in [0, 0.05) is 12.0 Å². The lowest BCUT2D eigenvalue weighted by molar-refractivity contribution is -0.145. The number of carbonyl (C=O) groups excluding carboxylic acids is 2. The highest BCUT2D eigenvalue weighted by Crippen LogP contribution is 2.35. The average molecular weight is 554 g/mol. The standard InChI is InChI=1S/C27H20ClNO6S2/c28-21-4-2-1-3-20(21)23(31)15-35-19-11-7-17(8-12-19)14-24-25(32)29(27(36)37-24)22(26(33)34)13-16-5-9-18(30)10-6-16/h1-12,14,22,30H,13,15H2,(H,33,34)/b24-14-/t22-/m0/s1. The minimum absolute atomic E-state index is 0.0360. The number of carboxylic acid groups (broad SMARTS) is 1. The third kappa shape index (κ3) is 6.37. The Morgan fingerprint density at radius 1 is 1.05 bits per heavy atom. The summed E-state index contributed by atoms with van der Waals surface area (Å²) in [6, 6.07) is 18.4. The third-order valence-corrected chi connectivity index (χ3v) is 7.17. The fraction of sp³-hybridized carbons (Fsp3) is 0.111. The second-order valence-electron chi connectivity index (χ2n) is 8.04. The fourth-order valence-corrected chi connectivity index (χ4v) is 5.22. The zero-order valence-corrected chi connectivity index (χ0v) is 21.6. The molecule has 0 aromatic heterocycles. The number of hydrogen-bond acceptors (Lipinski definition) is 7. The molecular formula is C27H20ClNO6S2. The lowest BCUT2D eigenvalue weighted by Gasteiger charge is -2.23. The molecule has 1 aliphatic rings. The molecule has 0 radical (unpaired) electrons. The number of phenols is 1. The first-order valence-electron chi connectivity index (χ1n) is 11.0. The zero-order chi connectivity index (χ0) is 26.5. The highest BCUT2D eigenvalue weighted by Gasteiger charge is 2.40. The molecule has 10 heteroatoms. The summed E-state index contributed by atoms with van der Waals surface area (Å²) in [5.41, 5.74) is 1.70. The number of rotatable bonds is 9. The molecule has 1 fully saturated rings. The number of ketones is 1. The van der Waals surface area contributed by atoms with E-state index in [1.54, 1.807) is 66.7 Å². The van der Waals surface area contributed by atoms with E-state index >= 15 is 0 Å². The van der Waals surface area contributed by atoms with Gasteiger partial charge in [-0.1, -0.05) is 72.0 Å². The molecule has 37 heavy (non-hydrogen) atoms. The molecule has 2 N–H and O–H groups in total. The molecule has 1 aliphatic heterocycles. The molecule has 4 rings (SSSR count). The number of phenolic OH excluding ortho intramolecular Hbond substituents is 1. The van der Waals surface area contributed by atoms with Crippen molar-refractivity contribution in [2.45, 2.75) is 12.5 Å². The van der Waals surface area contributed by atoms with Crippen molar-refractivity contribution in [3.05, 3.63) is 99.4 Å². The summed E-state index contributed by atoms with van der Waals surface area (Å²) in [6.45, 7) is -0.181. The molecule has 0 spiro atoms. The topological polar surface area (TPSA) is 104 Å². The Morgan fingerprint density at radius 3 is 2.38 bits per heavy atom. The molecule has 1 atom stereocenters. The van der Waals surface area contributed by atoms with Crippen LogP contribution in [0.2, 0.25) is 5.02 Å². The minimum Gasteiger partial charge on any atom is -0.508 e. The summed E-state index contributed by atoms with van der Waals surface area (Å²) >= 11 is 12.4. The van der Waals surface area contributed by atoms with E-state index in [4.69, 9.17) is 28.6 Å². The van der Waals surface area contributed by atoms with Crippen molar-refractivity contribution >= 4 is 63.6 Å². The quantitative estimate of drug-likeness (QED) is 0.211. The fourth-order valence-electron chi connectivity index (χ4n) is 3.62. The second kappa shape index (κ2) is 11.6. The first-order valence-corrected chi connectivity index (χ1v) is 12.6. The number of carboxylic acids is 1. The summed E-state index contributed by atoms with van der Waals surface area (Å²) < 4.78 is 5.72. The number of carbonyl (C=O) groups is 3. The van der Waals surface area contributed by atoms with E-state index < -0.39 is 17.9 Å². The van der Waals surface area contributed by atoms with Crippen LogP contribution in [-0.2, 0) is 16.0 Å². The average Bonchev–Trinajstić information content (AvgIpc) is 3.15. The number of amides is 1. The minimum atomic E-state index is -1.19. The van der Waals surface area contributed by atoms with Gasteiger partial charge in [-0.05, 0) is 53.6 Å². The van der Waals surface area contributed by atoms with Crippen LogP contribution in [-0.4, -0.2) is 49.7 Å². The lowest BCUT2D eigenvalue weighted by atomic mass is 10.0. The molecule has 0 aliphatic carbocycles. The first-order chi connectivity index (χ1) is 17.7. The number of Topliss-reactive ketones (excluding diaryl/α,β-unsaturated/α-hetero) is 1.